The van der Waals surface area contributed by atoms with Crippen molar-refractivity contribution >= 4 is 49.5 Å². The van der Waals surface area contributed by atoms with E-state index in [0.29, 0.717) is 25.9 Å². The van der Waals surface area contributed by atoms with E-state index in [-0.39, 0.29) is 5.25 Å². The van der Waals surface area contributed by atoms with Gasteiger partial charge in [-0.25, -0.2) is 13.4 Å². The number of aromatic nitrogens is 1. The van der Waals surface area contributed by atoms with Gasteiger partial charge in [0.15, 0.2) is 15.0 Å². The molecule has 0 amide bonds. The third-order valence-corrected chi connectivity index (χ3v) is 10.2. The Hall–Kier alpha value is -1.34. The van der Waals surface area contributed by atoms with Crippen LogP contribution in [-0.4, -0.2) is 41.9 Å². The van der Waals surface area contributed by atoms with Crippen molar-refractivity contribution in [3.8, 4) is 0 Å². The van der Waals surface area contributed by atoms with E-state index in [9.17, 15) is 8.42 Å². The number of nitrogens with zero attached hydrogens (tertiary/aromatic N) is 2. The Morgan fingerprint density at radius 3 is 2.57 bits per heavy atom. The maximum absolute atomic E-state index is 13.2. The summed E-state index contributed by atoms with van der Waals surface area (Å²) in [6, 6.07) is 7.80. The quantitative estimate of drug-likeness (QED) is 0.545. The second kappa shape index (κ2) is 8.65. The van der Waals surface area contributed by atoms with E-state index >= 15 is 0 Å². The smallest absolute Gasteiger partial charge is 0.185 e. The summed E-state index contributed by atoms with van der Waals surface area (Å²) in [5.41, 5.74) is 2.18. The zero-order chi connectivity index (χ0) is 21.4. The van der Waals surface area contributed by atoms with Gasteiger partial charge in [0.2, 0.25) is 0 Å². The van der Waals surface area contributed by atoms with E-state index in [0.717, 1.165) is 22.3 Å². The number of thiazole rings is 1. The molecule has 8 heteroatoms. The molecule has 0 bridgehead atoms. The molecule has 2 atom stereocenters. The number of hydrogen-bond donors (Lipinski definition) is 0. The summed E-state index contributed by atoms with van der Waals surface area (Å²) in [6.07, 6.45) is 9.02. The minimum atomic E-state index is -3.36. The van der Waals surface area contributed by atoms with Gasteiger partial charge in [0, 0.05) is 29.9 Å². The molecule has 0 N–H and O–H groups in total. The van der Waals surface area contributed by atoms with E-state index in [1.54, 1.807) is 36.5 Å². The molecule has 1 saturated heterocycles. The molecule has 4 nitrogen and oxygen atoms in total. The average Bonchev–Trinajstić information content (AvgIpc) is 3.18. The third-order valence-electron chi connectivity index (χ3n) is 5.74. The van der Waals surface area contributed by atoms with Gasteiger partial charge in [-0.15, -0.1) is 22.9 Å². The van der Waals surface area contributed by atoms with Crippen LogP contribution in [0.25, 0.3) is 0 Å². The molecule has 2 aliphatic rings. The molecule has 2 unspecified atom stereocenters. The zero-order valence-corrected chi connectivity index (χ0v) is 19.8. The number of allylic oxidation sites excluding steroid dienone is 3. The molecule has 2 heterocycles. The summed E-state index contributed by atoms with van der Waals surface area (Å²) < 4.78 is 26.4. The van der Waals surface area contributed by atoms with Crippen molar-refractivity contribution in [3.63, 3.8) is 0 Å². The predicted octanol–water partition coefficient (Wildman–Crippen LogP) is 5.26. The van der Waals surface area contributed by atoms with Crippen LogP contribution in [0.2, 0.25) is 5.02 Å². The van der Waals surface area contributed by atoms with E-state index < -0.39 is 20.0 Å². The SMILES string of the molecule is CC1(Cl)C=CC=CC1S(=O)(=O)C1CCN(c2nc(Cc3ccc(Cl)cc3)cs2)CC1. The summed E-state index contributed by atoms with van der Waals surface area (Å²) in [5.74, 6) is 0. The molecule has 30 heavy (non-hydrogen) atoms. The standard InChI is InChI=1S/C22H24Cl2N2O2S2/c1-22(24)11-3-2-4-20(22)30(27,28)19-9-12-26(13-10-19)21-25-18(15-29-21)14-16-5-7-17(23)8-6-16/h2-8,11,15,19-20H,9-10,12-14H2,1H3. The molecule has 1 aliphatic carbocycles. The first-order valence-corrected chi connectivity index (χ1v) is 13.2. The van der Waals surface area contributed by atoms with Gasteiger partial charge in [-0.1, -0.05) is 48.0 Å². The summed E-state index contributed by atoms with van der Waals surface area (Å²) in [4.78, 5) is 6.07. The number of benzene rings is 1. The molecule has 1 fully saturated rings. The molecule has 1 aliphatic heterocycles. The van der Waals surface area contributed by atoms with E-state index in [2.05, 4.69) is 10.3 Å². The van der Waals surface area contributed by atoms with Gasteiger partial charge in [0.05, 0.1) is 15.8 Å². The second-order valence-electron chi connectivity index (χ2n) is 8.02. The lowest BCUT2D eigenvalue weighted by Crippen LogP contribution is -2.47. The van der Waals surface area contributed by atoms with Gasteiger partial charge in [-0.3, -0.25) is 0 Å². The van der Waals surface area contributed by atoms with Crippen molar-refractivity contribution in [2.75, 3.05) is 18.0 Å². The topological polar surface area (TPSA) is 50.3 Å². The van der Waals surface area contributed by atoms with Crippen LogP contribution in [0.1, 0.15) is 31.0 Å². The number of rotatable bonds is 5. The van der Waals surface area contributed by atoms with Crippen molar-refractivity contribution in [1.82, 2.24) is 4.98 Å². The van der Waals surface area contributed by atoms with Gasteiger partial charge in [-0.2, -0.15) is 0 Å². The van der Waals surface area contributed by atoms with Crippen LogP contribution in [0.4, 0.5) is 5.13 Å². The van der Waals surface area contributed by atoms with Crippen LogP contribution in [0.3, 0.4) is 0 Å². The van der Waals surface area contributed by atoms with Gasteiger partial charge in [0.25, 0.3) is 0 Å². The van der Waals surface area contributed by atoms with Crippen LogP contribution in [-0.2, 0) is 16.3 Å². The zero-order valence-electron chi connectivity index (χ0n) is 16.7. The molecule has 160 valence electrons. The lowest BCUT2D eigenvalue weighted by atomic mass is 10.0. The Labute approximate surface area is 192 Å². The number of halogens is 2. The maximum Gasteiger partial charge on any atom is 0.185 e. The fraction of sp³-hybridized carbons (Fsp3) is 0.409. The van der Waals surface area contributed by atoms with Crippen molar-refractivity contribution < 1.29 is 8.42 Å². The summed E-state index contributed by atoms with van der Waals surface area (Å²) in [5, 5.41) is 2.70. The van der Waals surface area contributed by atoms with E-state index in [1.807, 2.05) is 30.3 Å². The molecular weight excluding hydrogens is 459 g/mol. The van der Waals surface area contributed by atoms with Crippen LogP contribution in [0.5, 0.6) is 0 Å². The monoisotopic (exact) mass is 482 g/mol. The Morgan fingerprint density at radius 1 is 1.20 bits per heavy atom. The highest BCUT2D eigenvalue weighted by atomic mass is 35.5. The lowest BCUT2D eigenvalue weighted by Gasteiger charge is -2.36. The number of alkyl halides is 1. The van der Waals surface area contributed by atoms with Crippen LogP contribution >= 0.6 is 34.5 Å². The van der Waals surface area contributed by atoms with Crippen molar-refractivity contribution in [1.29, 1.82) is 0 Å². The van der Waals surface area contributed by atoms with Crippen molar-refractivity contribution in [3.05, 3.63) is 70.2 Å². The van der Waals surface area contributed by atoms with Crippen LogP contribution in [0.15, 0.2) is 53.9 Å². The predicted molar refractivity (Wildman–Crippen MR) is 127 cm³/mol. The highest BCUT2D eigenvalue weighted by Gasteiger charge is 2.44. The molecule has 0 radical (unpaired) electrons. The first kappa shape index (κ1) is 21.9. The maximum atomic E-state index is 13.2. The number of anilines is 1. The Kier molecular flexibility index (Phi) is 6.31. The van der Waals surface area contributed by atoms with Crippen LogP contribution in [0, 0.1) is 0 Å². The number of piperidine rings is 1. The Morgan fingerprint density at radius 2 is 1.90 bits per heavy atom. The molecule has 4 rings (SSSR count). The van der Waals surface area contributed by atoms with Crippen molar-refractivity contribution in [2.45, 2.75) is 41.6 Å². The minimum Gasteiger partial charge on any atom is -0.348 e. The van der Waals surface area contributed by atoms with E-state index in [1.165, 1.54) is 5.56 Å². The highest BCUT2D eigenvalue weighted by Crippen LogP contribution is 2.36. The molecular formula is C22H24Cl2N2O2S2. The Balaban J connectivity index is 1.39. The van der Waals surface area contributed by atoms with Gasteiger partial charge in [0.1, 0.15) is 5.25 Å². The third kappa shape index (κ3) is 4.62. The lowest BCUT2D eigenvalue weighted by molar-refractivity contribution is 0.518. The van der Waals surface area contributed by atoms with E-state index in [4.69, 9.17) is 28.2 Å². The normalized spacial score (nSPS) is 25.0. The second-order valence-corrected chi connectivity index (χ2v) is 12.5. The van der Waals surface area contributed by atoms with Crippen LogP contribution < -0.4 is 4.90 Å². The number of hydrogen-bond acceptors (Lipinski definition) is 5. The molecule has 0 spiro atoms. The van der Waals surface area contributed by atoms with Gasteiger partial charge < -0.3 is 4.90 Å². The molecule has 0 saturated carbocycles. The first-order valence-electron chi connectivity index (χ1n) is 9.97. The average molecular weight is 483 g/mol. The largest absolute Gasteiger partial charge is 0.348 e. The summed E-state index contributed by atoms with van der Waals surface area (Å²) in [6.45, 7) is 3.13. The first-order chi connectivity index (χ1) is 14.3. The molecule has 1 aromatic heterocycles. The molecule has 2 aromatic rings. The van der Waals surface area contributed by atoms with Crippen molar-refractivity contribution in [2.24, 2.45) is 0 Å². The fourth-order valence-electron chi connectivity index (χ4n) is 4.04. The van der Waals surface area contributed by atoms with Gasteiger partial charge >= 0.3 is 0 Å². The van der Waals surface area contributed by atoms with Gasteiger partial charge in [-0.05, 0) is 37.5 Å². The highest BCUT2D eigenvalue weighted by molar-refractivity contribution is 7.93. The summed E-state index contributed by atoms with van der Waals surface area (Å²) in [7, 11) is -3.36. The fourth-order valence-corrected chi connectivity index (χ4v) is 7.88. The number of sulfone groups is 1. The Bertz CT molecular complexity index is 1050. The summed E-state index contributed by atoms with van der Waals surface area (Å²) >= 11 is 14.1. The molecule has 1 aromatic carbocycles. The minimum absolute atomic E-state index is 0.374.